The molecule has 3 aromatic carbocycles. The average molecular weight is 284 g/mol. The molecule has 1 N–H and O–H groups in total. The maximum absolute atomic E-state index is 5.48. The van der Waals surface area contributed by atoms with Crippen molar-refractivity contribution < 1.29 is 4.42 Å². The molecule has 0 saturated heterocycles. The molecule has 0 bridgehead atoms. The maximum Gasteiger partial charge on any atom is 0.174 e. The smallest absolute Gasteiger partial charge is 0.174 e. The Labute approximate surface area is 126 Å². The number of fused-ring (bicyclic) bond motifs is 6. The van der Waals surface area contributed by atoms with Gasteiger partial charge in [0.1, 0.15) is 0 Å². The highest BCUT2D eigenvalue weighted by Gasteiger charge is 2.14. The quantitative estimate of drug-likeness (QED) is 0.433. The minimum absolute atomic E-state index is 0.754. The Kier molecular flexibility index (Phi) is 2.22. The number of aromatic nitrogens is 2. The predicted octanol–water partition coefficient (Wildman–Crippen LogP) is 5.13. The number of aromatic amines is 1. The summed E-state index contributed by atoms with van der Waals surface area (Å²) >= 11 is 0. The highest BCUT2D eigenvalue weighted by atomic mass is 16.3. The summed E-state index contributed by atoms with van der Waals surface area (Å²) < 4.78 is 5.48. The molecule has 3 heteroatoms. The molecule has 5 aromatic rings. The number of nitrogens with one attached hydrogen (secondary N) is 1. The standard InChI is InChI=1S/C19H12N2O/c1-3-8-14-12(6-1)13-7-2-4-9-15(13)18-17(14)20-19(21-18)16-10-5-11-22-16/h1-11H,(H,20,21). The average Bonchev–Trinajstić information content (AvgIpc) is 3.24. The van der Waals surface area contributed by atoms with Crippen molar-refractivity contribution in [1.29, 1.82) is 0 Å². The summed E-state index contributed by atoms with van der Waals surface area (Å²) in [7, 11) is 0. The molecule has 0 unspecified atom stereocenters. The molecular formula is C19H12N2O. The molecule has 0 aliphatic heterocycles. The van der Waals surface area contributed by atoms with E-state index in [-0.39, 0.29) is 0 Å². The Bertz CT molecular complexity index is 1050. The van der Waals surface area contributed by atoms with Crippen molar-refractivity contribution in [2.24, 2.45) is 0 Å². The molecular weight excluding hydrogens is 272 g/mol. The first-order chi connectivity index (χ1) is 10.9. The third-order valence-electron chi connectivity index (χ3n) is 4.13. The molecule has 104 valence electrons. The van der Waals surface area contributed by atoms with E-state index in [1.165, 1.54) is 16.2 Å². The molecule has 0 aliphatic carbocycles. The molecule has 0 saturated carbocycles. The Morgan fingerprint density at radius 3 is 2.14 bits per heavy atom. The lowest BCUT2D eigenvalue weighted by Gasteiger charge is -2.05. The van der Waals surface area contributed by atoms with Crippen LogP contribution in [0.4, 0.5) is 0 Å². The van der Waals surface area contributed by atoms with Gasteiger partial charge in [0.15, 0.2) is 11.6 Å². The van der Waals surface area contributed by atoms with Crippen LogP contribution in [0.25, 0.3) is 44.2 Å². The number of hydrogen-bond donors (Lipinski definition) is 1. The first-order valence-electron chi connectivity index (χ1n) is 7.25. The van der Waals surface area contributed by atoms with Gasteiger partial charge in [0.05, 0.1) is 17.3 Å². The largest absolute Gasteiger partial charge is 0.461 e. The molecule has 0 radical (unpaired) electrons. The molecule has 2 heterocycles. The fourth-order valence-corrected chi connectivity index (χ4v) is 3.15. The van der Waals surface area contributed by atoms with Crippen LogP contribution >= 0.6 is 0 Å². The van der Waals surface area contributed by atoms with Gasteiger partial charge in [-0.05, 0) is 22.9 Å². The van der Waals surface area contributed by atoms with Gasteiger partial charge in [0, 0.05) is 10.8 Å². The second-order valence-corrected chi connectivity index (χ2v) is 5.38. The van der Waals surface area contributed by atoms with E-state index in [0.717, 1.165) is 28.0 Å². The van der Waals surface area contributed by atoms with Crippen LogP contribution in [0.1, 0.15) is 0 Å². The summed E-state index contributed by atoms with van der Waals surface area (Å²) in [6.07, 6.45) is 1.67. The Balaban J connectivity index is 2.03. The van der Waals surface area contributed by atoms with Gasteiger partial charge >= 0.3 is 0 Å². The lowest BCUT2D eigenvalue weighted by atomic mass is 10.0. The van der Waals surface area contributed by atoms with Crippen LogP contribution in [0.3, 0.4) is 0 Å². The lowest BCUT2D eigenvalue weighted by molar-refractivity contribution is 0.578. The molecule has 0 amide bonds. The van der Waals surface area contributed by atoms with E-state index in [9.17, 15) is 0 Å². The van der Waals surface area contributed by atoms with Crippen LogP contribution in [0.5, 0.6) is 0 Å². The van der Waals surface area contributed by atoms with Crippen LogP contribution in [0, 0.1) is 0 Å². The van der Waals surface area contributed by atoms with Crippen molar-refractivity contribution in [2.75, 3.05) is 0 Å². The van der Waals surface area contributed by atoms with E-state index >= 15 is 0 Å². The monoisotopic (exact) mass is 284 g/mol. The van der Waals surface area contributed by atoms with Crippen LogP contribution in [-0.4, -0.2) is 9.97 Å². The number of furan rings is 1. The van der Waals surface area contributed by atoms with Crippen LogP contribution in [0.15, 0.2) is 71.3 Å². The highest BCUT2D eigenvalue weighted by Crippen LogP contribution is 2.34. The fraction of sp³-hybridized carbons (Fsp3) is 0. The van der Waals surface area contributed by atoms with Gasteiger partial charge in [-0.25, -0.2) is 4.98 Å². The Hall–Kier alpha value is -3.07. The second-order valence-electron chi connectivity index (χ2n) is 5.38. The Morgan fingerprint density at radius 1 is 0.727 bits per heavy atom. The number of nitrogens with zero attached hydrogens (tertiary/aromatic N) is 1. The van der Waals surface area contributed by atoms with Crippen LogP contribution < -0.4 is 0 Å². The van der Waals surface area contributed by atoms with Crippen molar-refractivity contribution >= 4 is 32.6 Å². The van der Waals surface area contributed by atoms with E-state index in [0.29, 0.717) is 0 Å². The van der Waals surface area contributed by atoms with Gasteiger partial charge in [-0.1, -0.05) is 48.5 Å². The van der Waals surface area contributed by atoms with Crippen molar-refractivity contribution in [2.45, 2.75) is 0 Å². The minimum atomic E-state index is 0.754. The van der Waals surface area contributed by atoms with E-state index in [1.807, 2.05) is 12.1 Å². The number of benzene rings is 3. The highest BCUT2D eigenvalue weighted by molar-refractivity contribution is 6.23. The minimum Gasteiger partial charge on any atom is -0.461 e. The molecule has 5 rings (SSSR count). The second kappa shape index (κ2) is 4.21. The molecule has 0 spiro atoms. The molecule has 22 heavy (non-hydrogen) atoms. The summed E-state index contributed by atoms with van der Waals surface area (Å²) in [6.45, 7) is 0. The zero-order chi connectivity index (χ0) is 14.5. The van der Waals surface area contributed by atoms with Gasteiger partial charge in [-0.3, -0.25) is 0 Å². The lowest BCUT2D eigenvalue weighted by Crippen LogP contribution is -1.81. The summed E-state index contributed by atoms with van der Waals surface area (Å²) in [5.41, 5.74) is 2.04. The van der Waals surface area contributed by atoms with Crippen molar-refractivity contribution in [3.05, 3.63) is 66.9 Å². The first kappa shape index (κ1) is 11.6. The zero-order valence-electron chi connectivity index (χ0n) is 11.7. The van der Waals surface area contributed by atoms with Crippen molar-refractivity contribution in [3.63, 3.8) is 0 Å². The van der Waals surface area contributed by atoms with Crippen molar-refractivity contribution in [1.82, 2.24) is 9.97 Å². The van der Waals surface area contributed by atoms with E-state index < -0.39 is 0 Å². The van der Waals surface area contributed by atoms with E-state index in [2.05, 4.69) is 53.5 Å². The molecule has 3 nitrogen and oxygen atoms in total. The number of imidazole rings is 1. The maximum atomic E-state index is 5.48. The third-order valence-corrected chi connectivity index (χ3v) is 4.13. The van der Waals surface area contributed by atoms with Crippen LogP contribution in [-0.2, 0) is 0 Å². The Morgan fingerprint density at radius 2 is 1.41 bits per heavy atom. The van der Waals surface area contributed by atoms with E-state index in [1.54, 1.807) is 6.26 Å². The number of H-pyrrole nitrogens is 1. The molecule has 2 aromatic heterocycles. The summed E-state index contributed by atoms with van der Waals surface area (Å²) in [6, 6.07) is 20.6. The van der Waals surface area contributed by atoms with E-state index in [4.69, 9.17) is 9.40 Å². The third kappa shape index (κ3) is 1.48. The van der Waals surface area contributed by atoms with Gasteiger partial charge in [0.2, 0.25) is 0 Å². The molecule has 0 aliphatic rings. The summed E-state index contributed by atoms with van der Waals surface area (Å²) in [4.78, 5) is 8.21. The van der Waals surface area contributed by atoms with Gasteiger partial charge in [-0.15, -0.1) is 0 Å². The predicted molar refractivity (Wildman–Crippen MR) is 88.8 cm³/mol. The molecule has 0 atom stereocenters. The topological polar surface area (TPSA) is 41.8 Å². The van der Waals surface area contributed by atoms with Crippen molar-refractivity contribution in [3.8, 4) is 11.6 Å². The molecule has 0 fully saturated rings. The number of rotatable bonds is 1. The normalized spacial score (nSPS) is 11.6. The van der Waals surface area contributed by atoms with Gasteiger partial charge in [-0.2, -0.15) is 0 Å². The number of hydrogen-bond acceptors (Lipinski definition) is 2. The summed E-state index contributed by atoms with van der Waals surface area (Å²) in [5.74, 6) is 1.52. The summed E-state index contributed by atoms with van der Waals surface area (Å²) in [5, 5.41) is 4.80. The van der Waals surface area contributed by atoms with Crippen LogP contribution in [0.2, 0.25) is 0 Å². The fourth-order valence-electron chi connectivity index (χ4n) is 3.15. The van der Waals surface area contributed by atoms with Gasteiger partial charge < -0.3 is 9.40 Å². The first-order valence-corrected chi connectivity index (χ1v) is 7.25. The SMILES string of the molecule is c1coc(-c2nc3c4ccccc4c4ccccc4c3[nH]2)c1. The van der Waals surface area contributed by atoms with Gasteiger partial charge in [0.25, 0.3) is 0 Å². The zero-order valence-corrected chi connectivity index (χ0v) is 11.7.